The van der Waals surface area contributed by atoms with Crippen LogP contribution in [0.3, 0.4) is 0 Å². The topological polar surface area (TPSA) is 93.2 Å². The van der Waals surface area contributed by atoms with Gasteiger partial charge in [-0.25, -0.2) is 14.6 Å². The first-order chi connectivity index (χ1) is 13.2. The van der Waals surface area contributed by atoms with E-state index in [1.807, 2.05) is 41.9 Å². The van der Waals surface area contributed by atoms with Crippen molar-refractivity contribution in [1.29, 1.82) is 0 Å². The van der Waals surface area contributed by atoms with Crippen molar-refractivity contribution in [2.45, 2.75) is 38.9 Å². The molecule has 0 radical (unpaired) electrons. The van der Waals surface area contributed by atoms with Crippen LogP contribution in [0.1, 0.15) is 23.8 Å². The Bertz CT molecular complexity index is 935. The molecule has 1 aliphatic rings. The van der Waals surface area contributed by atoms with E-state index in [1.54, 1.807) is 13.3 Å². The van der Waals surface area contributed by atoms with Crippen molar-refractivity contribution in [3.8, 4) is 11.5 Å². The van der Waals surface area contributed by atoms with Crippen LogP contribution >= 0.6 is 24.0 Å². The molecule has 1 unspecified atom stereocenters. The van der Waals surface area contributed by atoms with Gasteiger partial charge >= 0.3 is 0 Å². The first kappa shape index (κ1) is 20.3. The van der Waals surface area contributed by atoms with Gasteiger partial charge in [-0.05, 0) is 25.5 Å². The number of aryl methyl sites for hydroxylation is 2. The highest BCUT2D eigenvalue weighted by Crippen LogP contribution is 2.18. The summed E-state index contributed by atoms with van der Waals surface area (Å²) < 4.78 is 7.56. The second-order valence-corrected chi connectivity index (χ2v) is 6.57. The summed E-state index contributed by atoms with van der Waals surface area (Å²) >= 11 is 0. The van der Waals surface area contributed by atoms with E-state index in [4.69, 9.17) is 4.42 Å². The van der Waals surface area contributed by atoms with E-state index in [2.05, 4.69) is 30.7 Å². The Morgan fingerprint density at radius 1 is 1.29 bits per heavy atom. The number of benzene rings is 1. The second-order valence-electron chi connectivity index (χ2n) is 6.57. The molecule has 2 N–H and O–H groups in total. The SMILES string of the molecule is CN=C(NCc1coc(-c2ccccc2)n1)NC1CCc2nc(C)nn2C1.I. The Balaban J connectivity index is 0.00000225. The van der Waals surface area contributed by atoms with Gasteiger partial charge < -0.3 is 15.1 Å². The van der Waals surface area contributed by atoms with Crippen LogP contribution < -0.4 is 10.6 Å². The van der Waals surface area contributed by atoms with Gasteiger partial charge in [0.1, 0.15) is 17.9 Å². The highest BCUT2D eigenvalue weighted by molar-refractivity contribution is 14.0. The number of hydrogen-bond acceptors (Lipinski definition) is 5. The highest BCUT2D eigenvalue weighted by Gasteiger charge is 2.21. The molecule has 1 atom stereocenters. The molecule has 8 nitrogen and oxygen atoms in total. The fourth-order valence-corrected chi connectivity index (χ4v) is 3.22. The molecule has 9 heteroatoms. The zero-order valence-electron chi connectivity index (χ0n) is 15.9. The largest absolute Gasteiger partial charge is 0.444 e. The molecular weight excluding hydrogens is 469 g/mol. The van der Waals surface area contributed by atoms with Crippen LogP contribution in [0.15, 0.2) is 46.0 Å². The van der Waals surface area contributed by atoms with E-state index in [0.717, 1.165) is 48.3 Å². The van der Waals surface area contributed by atoms with Gasteiger partial charge in [-0.15, -0.1) is 24.0 Å². The summed E-state index contributed by atoms with van der Waals surface area (Å²) in [6.45, 7) is 3.26. The maximum absolute atomic E-state index is 5.58. The molecule has 28 heavy (non-hydrogen) atoms. The maximum Gasteiger partial charge on any atom is 0.226 e. The fourth-order valence-electron chi connectivity index (χ4n) is 3.22. The predicted molar refractivity (Wildman–Crippen MR) is 118 cm³/mol. The molecule has 3 heterocycles. The Labute approximate surface area is 180 Å². The van der Waals surface area contributed by atoms with Crippen molar-refractivity contribution >= 4 is 29.9 Å². The summed E-state index contributed by atoms with van der Waals surface area (Å²) in [5.74, 6) is 3.25. The Morgan fingerprint density at radius 2 is 2.11 bits per heavy atom. The number of halogens is 1. The van der Waals surface area contributed by atoms with Gasteiger partial charge in [0.15, 0.2) is 5.96 Å². The third-order valence-electron chi connectivity index (χ3n) is 4.54. The molecule has 2 aromatic heterocycles. The summed E-state index contributed by atoms with van der Waals surface area (Å²) in [4.78, 5) is 13.3. The van der Waals surface area contributed by atoms with Crippen LogP contribution in [0.5, 0.6) is 0 Å². The fraction of sp³-hybridized carbons (Fsp3) is 0.368. The molecule has 0 amide bonds. The minimum absolute atomic E-state index is 0. The van der Waals surface area contributed by atoms with Crippen molar-refractivity contribution in [3.63, 3.8) is 0 Å². The van der Waals surface area contributed by atoms with Gasteiger partial charge in [0, 0.05) is 25.1 Å². The molecule has 148 valence electrons. The molecule has 4 rings (SSSR count). The summed E-state index contributed by atoms with van der Waals surface area (Å²) in [6, 6.07) is 10.1. The van der Waals surface area contributed by atoms with Gasteiger partial charge in [0.05, 0.1) is 18.8 Å². The standard InChI is InChI=1S/C19H23N7O.HI/c1-13-22-17-9-8-15(11-26(17)25-13)24-19(20-2)21-10-16-12-27-18(23-16)14-6-4-3-5-7-14;/h3-7,12,15H,8-11H2,1-2H3,(H2,20,21,24);1H. The number of guanidine groups is 1. The average Bonchev–Trinajstić information content (AvgIpc) is 3.31. The Kier molecular flexibility index (Phi) is 6.65. The van der Waals surface area contributed by atoms with Crippen molar-refractivity contribution in [2.24, 2.45) is 4.99 Å². The number of fused-ring (bicyclic) bond motifs is 1. The maximum atomic E-state index is 5.58. The van der Waals surface area contributed by atoms with E-state index < -0.39 is 0 Å². The van der Waals surface area contributed by atoms with Crippen molar-refractivity contribution in [2.75, 3.05) is 7.05 Å². The lowest BCUT2D eigenvalue weighted by Gasteiger charge is -2.25. The zero-order valence-corrected chi connectivity index (χ0v) is 18.3. The minimum Gasteiger partial charge on any atom is -0.444 e. The quantitative estimate of drug-likeness (QED) is 0.330. The van der Waals surface area contributed by atoms with Crippen LogP contribution in [0, 0.1) is 6.92 Å². The smallest absolute Gasteiger partial charge is 0.226 e. The lowest BCUT2D eigenvalue weighted by atomic mass is 10.1. The van der Waals surface area contributed by atoms with Gasteiger partial charge in [-0.1, -0.05) is 18.2 Å². The molecule has 0 bridgehead atoms. The summed E-state index contributed by atoms with van der Waals surface area (Å²) in [5, 5.41) is 11.2. The molecule has 1 aromatic carbocycles. The molecule has 3 aromatic rings. The molecule has 0 spiro atoms. The number of aliphatic imine (C=N–C) groups is 1. The number of rotatable bonds is 4. The number of nitrogens with zero attached hydrogens (tertiary/aromatic N) is 5. The van der Waals surface area contributed by atoms with Crippen molar-refractivity contribution in [1.82, 2.24) is 30.4 Å². The van der Waals surface area contributed by atoms with Gasteiger partial charge in [-0.3, -0.25) is 4.99 Å². The van der Waals surface area contributed by atoms with Gasteiger partial charge in [0.25, 0.3) is 0 Å². The predicted octanol–water partition coefficient (Wildman–Crippen LogP) is 2.54. The van der Waals surface area contributed by atoms with Crippen LogP contribution in [0.2, 0.25) is 0 Å². The average molecular weight is 493 g/mol. The minimum atomic E-state index is 0. The third-order valence-corrected chi connectivity index (χ3v) is 4.54. The number of oxazole rings is 1. The van der Waals surface area contributed by atoms with Crippen LogP contribution in [-0.4, -0.2) is 38.8 Å². The number of hydrogen-bond donors (Lipinski definition) is 2. The Hall–Kier alpha value is -2.43. The van der Waals surface area contributed by atoms with Crippen LogP contribution in [0.25, 0.3) is 11.5 Å². The van der Waals surface area contributed by atoms with Gasteiger partial charge in [0.2, 0.25) is 5.89 Å². The monoisotopic (exact) mass is 493 g/mol. The van der Waals surface area contributed by atoms with Crippen LogP contribution in [0.4, 0.5) is 0 Å². The van der Waals surface area contributed by atoms with Gasteiger partial charge in [-0.2, -0.15) is 5.10 Å². The normalized spacial score (nSPS) is 16.2. The highest BCUT2D eigenvalue weighted by atomic mass is 127. The molecule has 0 saturated heterocycles. The van der Waals surface area contributed by atoms with Crippen molar-refractivity contribution < 1.29 is 4.42 Å². The molecular formula is C19H24IN7O. The first-order valence-electron chi connectivity index (χ1n) is 9.08. The molecule has 0 aliphatic carbocycles. The Morgan fingerprint density at radius 3 is 2.89 bits per heavy atom. The van der Waals surface area contributed by atoms with E-state index >= 15 is 0 Å². The second kappa shape index (κ2) is 9.18. The molecule has 1 aliphatic heterocycles. The van der Waals surface area contributed by atoms with E-state index in [-0.39, 0.29) is 30.0 Å². The lowest BCUT2D eigenvalue weighted by molar-refractivity contribution is 0.392. The molecule has 0 saturated carbocycles. The summed E-state index contributed by atoms with van der Waals surface area (Å²) in [5.41, 5.74) is 1.79. The van der Waals surface area contributed by atoms with E-state index in [1.165, 1.54) is 0 Å². The molecule has 0 fully saturated rings. The summed E-state index contributed by atoms with van der Waals surface area (Å²) in [6.07, 6.45) is 3.59. The summed E-state index contributed by atoms with van der Waals surface area (Å²) in [7, 11) is 1.77. The zero-order chi connectivity index (χ0) is 18.6. The number of aromatic nitrogens is 4. The third kappa shape index (κ3) is 4.70. The number of nitrogens with one attached hydrogen (secondary N) is 2. The van der Waals surface area contributed by atoms with Crippen LogP contribution in [-0.2, 0) is 19.5 Å². The van der Waals surface area contributed by atoms with E-state index in [0.29, 0.717) is 12.4 Å². The lowest BCUT2D eigenvalue weighted by Crippen LogP contribution is -2.46. The van der Waals surface area contributed by atoms with Crippen molar-refractivity contribution in [3.05, 3.63) is 53.9 Å². The van der Waals surface area contributed by atoms with E-state index in [9.17, 15) is 0 Å². The first-order valence-corrected chi connectivity index (χ1v) is 9.08.